The number of carbonyl (C=O) groups excluding carboxylic acids is 2. The Kier molecular flexibility index (Phi) is 6.36. The molecule has 0 bridgehead atoms. The monoisotopic (exact) mass is 458 g/mol. The van der Waals surface area contributed by atoms with Crippen LogP contribution in [0.15, 0.2) is 48.9 Å². The average molecular weight is 459 g/mol. The maximum Gasteiger partial charge on any atom is 0.407 e. The van der Waals surface area contributed by atoms with Gasteiger partial charge in [0.15, 0.2) is 11.6 Å². The van der Waals surface area contributed by atoms with Crippen LogP contribution in [0.1, 0.15) is 43.2 Å². The molecule has 4 aromatic rings. The molecule has 2 N–H and O–H groups in total. The number of fused-ring (bicyclic) bond motifs is 1. The molecule has 0 aliphatic rings. The zero-order valence-corrected chi connectivity index (χ0v) is 19.5. The number of Topliss-reactive ketones (excluding diaryl/α,β-unsaturated/α-hetero) is 1. The Morgan fingerprint density at radius 2 is 1.91 bits per heavy atom. The van der Waals surface area contributed by atoms with Crippen LogP contribution in [0.2, 0.25) is 0 Å². The van der Waals surface area contributed by atoms with E-state index < -0.39 is 11.7 Å². The van der Waals surface area contributed by atoms with Crippen LogP contribution >= 0.6 is 0 Å². The Hall–Kier alpha value is -4.14. The number of ketones is 1. The van der Waals surface area contributed by atoms with Crippen molar-refractivity contribution in [1.82, 2.24) is 30.2 Å². The molecule has 0 aliphatic carbocycles. The van der Waals surface area contributed by atoms with E-state index in [0.29, 0.717) is 34.0 Å². The van der Waals surface area contributed by atoms with Crippen LogP contribution in [0, 0.1) is 6.92 Å². The van der Waals surface area contributed by atoms with Crippen molar-refractivity contribution in [3.05, 3.63) is 60.2 Å². The third kappa shape index (κ3) is 5.43. The van der Waals surface area contributed by atoms with E-state index in [1.54, 1.807) is 39.2 Å². The van der Waals surface area contributed by atoms with Crippen molar-refractivity contribution in [1.29, 1.82) is 0 Å². The minimum Gasteiger partial charge on any atom is -0.444 e. The summed E-state index contributed by atoms with van der Waals surface area (Å²) in [6, 6.07) is 9.32. The molecular formula is C25H26N6O3. The average Bonchev–Trinajstić information content (AvgIpc) is 3.26. The van der Waals surface area contributed by atoms with Crippen LogP contribution in [-0.4, -0.2) is 48.9 Å². The highest BCUT2D eigenvalue weighted by Crippen LogP contribution is 2.28. The number of nitrogens with zero attached hydrogens (tertiary/aromatic N) is 4. The fraction of sp³-hybridized carbons (Fsp3) is 0.280. The highest BCUT2D eigenvalue weighted by molar-refractivity contribution is 5.98. The predicted octanol–water partition coefficient (Wildman–Crippen LogP) is 4.49. The smallest absolute Gasteiger partial charge is 0.407 e. The molecule has 0 fully saturated rings. The van der Waals surface area contributed by atoms with Crippen molar-refractivity contribution in [3.63, 3.8) is 0 Å². The van der Waals surface area contributed by atoms with Gasteiger partial charge in [-0.05, 0) is 52.0 Å². The van der Waals surface area contributed by atoms with Crippen molar-refractivity contribution in [2.45, 2.75) is 39.7 Å². The summed E-state index contributed by atoms with van der Waals surface area (Å²) in [5, 5.41) is 3.42. The Morgan fingerprint density at radius 3 is 2.68 bits per heavy atom. The van der Waals surface area contributed by atoms with E-state index in [1.165, 1.54) is 6.20 Å². The van der Waals surface area contributed by atoms with Crippen LogP contribution in [-0.2, 0) is 4.74 Å². The van der Waals surface area contributed by atoms with Gasteiger partial charge in [-0.15, -0.1) is 0 Å². The van der Waals surface area contributed by atoms with E-state index >= 15 is 0 Å². The first-order chi connectivity index (χ1) is 16.2. The quantitative estimate of drug-likeness (QED) is 0.408. The van der Waals surface area contributed by atoms with Gasteiger partial charge in [-0.2, -0.15) is 0 Å². The topological polar surface area (TPSA) is 123 Å². The summed E-state index contributed by atoms with van der Waals surface area (Å²) in [4.78, 5) is 45.8. The summed E-state index contributed by atoms with van der Waals surface area (Å²) in [6.07, 6.45) is 4.53. The fourth-order valence-electron chi connectivity index (χ4n) is 3.40. The zero-order chi connectivity index (χ0) is 24.3. The minimum atomic E-state index is -0.597. The van der Waals surface area contributed by atoms with Crippen molar-refractivity contribution in [2.75, 3.05) is 6.54 Å². The van der Waals surface area contributed by atoms with E-state index in [0.717, 1.165) is 11.1 Å². The molecule has 0 aliphatic heterocycles. The largest absolute Gasteiger partial charge is 0.444 e. The lowest BCUT2D eigenvalue weighted by atomic mass is 10.1. The lowest BCUT2D eigenvalue weighted by Gasteiger charge is -2.19. The van der Waals surface area contributed by atoms with E-state index in [1.807, 2.05) is 31.2 Å². The highest BCUT2D eigenvalue weighted by atomic mass is 16.6. The second kappa shape index (κ2) is 9.38. The number of ether oxygens (including phenoxy) is 1. The van der Waals surface area contributed by atoms with Gasteiger partial charge in [0.1, 0.15) is 16.9 Å². The number of rotatable bonds is 6. The summed E-state index contributed by atoms with van der Waals surface area (Å²) in [5.41, 5.74) is 3.36. The van der Waals surface area contributed by atoms with Crippen molar-refractivity contribution >= 4 is 22.9 Å². The first-order valence-electron chi connectivity index (χ1n) is 10.9. The third-order valence-corrected chi connectivity index (χ3v) is 4.89. The number of hydrogen-bond acceptors (Lipinski definition) is 7. The van der Waals surface area contributed by atoms with Crippen LogP contribution in [0.4, 0.5) is 4.79 Å². The van der Waals surface area contributed by atoms with E-state index in [-0.39, 0.29) is 18.7 Å². The van der Waals surface area contributed by atoms with Gasteiger partial charge in [-0.25, -0.2) is 19.7 Å². The lowest BCUT2D eigenvalue weighted by Crippen LogP contribution is -2.33. The number of hydrogen-bond donors (Lipinski definition) is 2. The SMILES string of the molecule is Cc1cccc(-c2nc(-c3cncc(C(=O)CCNC(=O)OC(C)(C)C)c3)c3cc[nH]c3n2)n1. The van der Waals surface area contributed by atoms with Crippen LogP contribution in [0.25, 0.3) is 33.8 Å². The summed E-state index contributed by atoms with van der Waals surface area (Å²) >= 11 is 0. The van der Waals surface area contributed by atoms with Gasteiger partial charge in [0.05, 0.1) is 5.69 Å². The van der Waals surface area contributed by atoms with Gasteiger partial charge in [0.25, 0.3) is 0 Å². The normalized spacial score (nSPS) is 11.4. The Labute approximate surface area is 197 Å². The number of pyridine rings is 2. The summed E-state index contributed by atoms with van der Waals surface area (Å²) in [7, 11) is 0. The Bertz CT molecular complexity index is 1360. The number of aromatic amines is 1. The van der Waals surface area contributed by atoms with Gasteiger partial charge in [-0.1, -0.05) is 6.07 Å². The molecule has 174 valence electrons. The number of amides is 1. The number of H-pyrrole nitrogens is 1. The van der Waals surface area contributed by atoms with E-state index in [9.17, 15) is 9.59 Å². The maximum atomic E-state index is 12.8. The van der Waals surface area contributed by atoms with Crippen LogP contribution in [0.3, 0.4) is 0 Å². The second-order valence-corrected chi connectivity index (χ2v) is 8.86. The number of carbonyl (C=O) groups is 2. The highest BCUT2D eigenvalue weighted by Gasteiger charge is 2.17. The summed E-state index contributed by atoms with van der Waals surface area (Å²) in [5.74, 6) is 0.331. The maximum absolute atomic E-state index is 12.8. The molecule has 4 aromatic heterocycles. The molecule has 0 saturated heterocycles. The molecule has 34 heavy (non-hydrogen) atoms. The van der Waals surface area contributed by atoms with Crippen molar-refractivity contribution in [3.8, 4) is 22.8 Å². The van der Waals surface area contributed by atoms with Gasteiger partial charge in [0, 0.05) is 53.8 Å². The molecule has 0 atom stereocenters. The molecule has 0 saturated carbocycles. The number of alkyl carbamates (subject to hydrolysis) is 1. The molecule has 0 spiro atoms. The van der Waals surface area contributed by atoms with Gasteiger partial charge >= 0.3 is 6.09 Å². The predicted molar refractivity (Wildman–Crippen MR) is 128 cm³/mol. The molecule has 0 aromatic carbocycles. The lowest BCUT2D eigenvalue weighted by molar-refractivity contribution is 0.0527. The molecular weight excluding hydrogens is 432 g/mol. The van der Waals surface area contributed by atoms with Gasteiger partial charge in [0.2, 0.25) is 0 Å². The van der Waals surface area contributed by atoms with Crippen molar-refractivity contribution in [2.24, 2.45) is 0 Å². The second-order valence-electron chi connectivity index (χ2n) is 8.86. The van der Waals surface area contributed by atoms with Gasteiger partial charge in [-0.3, -0.25) is 9.78 Å². The summed E-state index contributed by atoms with van der Waals surface area (Å²) < 4.78 is 5.19. The first-order valence-corrected chi connectivity index (χ1v) is 10.9. The Balaban J connectivity index is 1.58. The number of aryl methyl sites for hydroxylation is 1. The van der Waals surface area contributed by atoms with E-state index in [2.05, 4.69) is 25.3 Å². The minimum absolute atomic E-state index is 0.117. The molecule has 1 amide bonds. The van der Waals surface area contributed by atoms with Crippen LogP contribution in [0.5, 0.6) is 0 Å². The Morgan fingerprint density at radius 1 is 1.09 bits per heavy atom. The molecule has 4 rings (SSSR count). The van der Waals surface area contributed by atoms with Gasteiger partial charge < -0.3 is 15.0 Å². The molecule has 4 heterocycles. The van der Waals surface area contributed by atoms with Crippen LogP contribution < -0.4 is 5.32 Å². The molecule has 0 unspecified atom stereocenters. The fourth-order valence-corrected chi connectivity index (χ4v) is 3.40. The standard InChI is InChI=1S/C25H26N6O3/c1-15-6-5-7-19(29-15)23-30-21(18-8-10-27-22(18)31-23)17-12-16(13-26-14-17)20(32)9-11-28-24(33)34-25(2,3)4/h5-8,10,12-14H,9,11H2,1-4H3,(H,28,33)(H,27,30,31). The third-order valence-electron chi connectivity index (χ3n) is 4.89. The molecule has 9 heteroatoms. The molecule has 0 radical (unpaired) electrons. The van der Waals surface area contributed by atoms with E-state index in [4.69, 9.17) is 9.72 Å². The zero-order valence-electron chi connectivity index (χ0n) is 19.5. The molecule has 9 nitrogen and oxygen atoms in total. The number of aromatic nitrogens is 5. The first kappa shape index (κ1) is 23.0. The van der Waals surface area contributed by atoms with Crippen molar-refractivity contribution < 1.29 is 14.3 Å². The summed E-state index contributed by atoms with van der Waals surface area (Å²) in [6.45, 7) is 7.42. The number of nitrogens with one attached hydrogen (secondary N) is 2.